The molecule has 0 amide bonds. The van der Waals surface area contributed by atoms with Gasteiger partial charge in [-0.15, -0.1) is 0 Å². The summed E-state index contributed by atoms with van der Waals surface area (Å²) in [4.78, 5) is 2.46. The Kier molecular flexibility index (Phi) is 5.27. The average Bonchev–Trinajstić information content (AvgIpc) is 3.15. The lowest BCUT2D eigenvalue weighted by molar-refractivity contribution is 0.414. The van der Waals surface area contributed by atoms with Crippen LogP contribution >= 0.6 is 0 Å². The Morgan fingerprint density at radius 2 is 1.73 bits per heavy atom. The summed E-state index contributed by atoms with van der Waals surface area (Å²) in [6.45, 7) is 3.71. The fourth-order valence-corrected chi connectivity index (χ4v) is 4.49. The second kappa shape index (κ2) is 7.45. The molecule has 0 atom stereocenters. The van der Waals surface area contributed by atoms with E-state index in [0.717, 1.165) is 31.6 Å². The molecule has 2 aromatic rings. The second-order valence-corrected chi connectivity index (χ2v) is 7.97. The van der Waals surface area contributed by atoms with Gasteiger partial charge in [0.15, 0.2) is 0 Å². The number of rotatable bonds is 6. The molecule has 1 aliphatic heterocycles. The smallest absolute Gasteiger partial charge is 0.262 e. The maximum atomic E-state index is 12.9. The van der Waals surface area contributed by atoms with Crippen LogP contribution in [-0.2, 0) is 10.0 Å². The van der Waals surface area contributed by atoms with Crippen LogP contribution in [0.15, 0.2) is 41.3 Å². The molecule has 0 aromatic heterocycles. The van der Waals surface area contributed by atoms with Crippen molar-refractivity contribution in [2.45, 2.75) is 24.7 Å². The zero-order valence-electron chi connectivity index (χ0n) is 15.3. The molecular formula is C19H24N2O4S. The SMILES string of the molecule is COc1ccc(S(=O)(=O)Nc2cc(N3CCCC3)ccc2OC)c(C)c1. The molecule has 26 heavy (non-hydrogen) atoms. The molecule has 1 heterocycles. The summed E-state index contributed by atoms with van der Waals surface area (Å²) in [6.07, 6.45) is 2.30. The van der Waals surface area contributed by atoms with Crippen molar-refractivity contribution >= 4 is 21.4 Å². The molecule has 1 N–H and O–H groups in total. The highest BCUT2D eigenvalue weighted by Crippen LogP contribution is 2.33. The Balaban J connectivity index is 1.94. The van der Waals surface area contributed by atoms with Crippen LogP contribution < -0.4 is 19.1 Å². The number of ether oxygens (including phenoxy) is 2. The summed E-state index contributed by atoms with van der Waals surface area (Å²) in [5, 5.41) is 0. The van der Waals surface area contributed by atoms with Crippen molar-refractivity contribution < 1.29 is 17.9 Å². The van der Waals surface area contributed by atoms with E-state index in [-0.39, 0.29) is 4.90 Å². The number of nitrogens with zero attached hydrogens (tertiary/aromatic N) is 1. The largest absolute Gasteiger partial charge is 0.497 e. The van der Waals surface area contributed by atoms with Gasteiger partial charge in [0.25, 0.3) is 10.0 Å². The van der Waals surface area contributed by atoms with Crippen LogP contribution in [0.5, 0.6) is 11.5 Å². The number of hydrogen-bond acceptors (Lipinski definition) is 5. The molecule has 0 aliphatic carbocycles. The van der Waals surface area contributed by atoms with Crippen LogP contribution in [0, 0.1) is 6.92 Å². The van der Waals surface area contributed by atoms with E-state index in [4.69, 9.17) is 9.47 Å². The third kappa shape index (κ3) is 3.72. The molecule has 140 valence electrons. The number of benzene rings is 2. The number of hydrogen-bond donors (Lipinski definition) is 1. The molecule has 1 aliphatic rings. The molecule has 0 bridgehead atoms. The van der Waals surface area contributed by atoms with E-state index in [0.29, 0.717) is 22.7 Å². The van der Waals surface area contributed by atoms with Gasteiger partial charge in [-0.3, -0.25) is 4.72 Å². The van der Waals surface area contributed by atoms with Crippen LogP contribution in [0.3, 0.4) is 0 Å². The van der Waals surface area contributed by atoms with Gasteiger partial charge in [0.1, 0.15) is 11.5 Å². The average molecular weight is 376 g/mol. The van der Waals surface area contributed by atoms with E-state index < -0.39 is 10.0 Å². The summed E-state index contributed by atoms with van der Waals surface area (Å²) in [7, 11) is -0.665. The van der Waals surface area contributed by atoms with E-state index >= 15 is 0 Å². The number of anilines is 2. The van der Waals surface area contributed by atoms with Gasteiger partial charge in [-0.25, -0.2) is 8.42 Å². The third-order valence-electron chi connectivity index (χ3n) is 4.57. The van der Waals surface area contributed by atoms with Crippen molar-refractivity contribution in [2.24, 2.45) is 0 Å². The van der Waals surface area contributed by atoms with Crippen LogP contribution in [0.25, 0.3) is 0 Å². The molecule has 1 saturated heterocycles. The van der Waals surface area contributed by atoms with Crippen LogP contribution in [0.2, 0.25) is 0 Å². The first kappa shape index (κ1) is 18.4. The van der Waals surface area contributed by atoms with Crippen molar-refractivity contribution in [2.75, 3.05) is 36.9 Å². The molecule has 0 unspecified atom stereocenters. The number of sulfonamides is 1. The first-order valence-corrected chi connectivity index (χ1v) is 10.0. The quantitative estimate of drug-likeness (QED) is 0.837. The Morgan fingerprint density at radius 3 is 2.35 bits per heavy atom. The lowest BCUT2D eigenvalue weighted by Gasteiger charge is -2.20. The highest BCUT2D eigenvalue weighted by molar-refractivity contribution is 7.92. The summed E-state index contributed by atoms with van der Waals surface area (Å²) in [6, 6.07) is 10.5. The monoisotopic (exact) mass is 376 g/mol. The number of nitrogens with one attached hydrogen (secondary N) is 1. The topological polar surface area (TPSA) is 67.9 Å². The normalized spacial score (nSPS) is 14.3. The van der Waals surface area contributed by atoms with Crippen molar-refractivity contribution in [3.05, 3.63) is 42.0 Å². The van der Waals surface area contributed by atoms with Crippen LogP contribution in [0.1, 0.15) is 18.4 Å². The number of methoxy groups -OCH3 is 2. The van der Waals surface area contributed by atoms with Gasteiger partial charge >= 0.3 is 0 Å². The summed E-state index contributed by atoms with van der Waals surface area (Å²) in [5.41, 5.74) is 2.05. The van der Waals surface area contributed by atoms with E-state index in [1.54, 1.807) is 38.3 Å². The molecular weight excluding hydrogens is 352 g/mol. The molecule has 2 aromatic carbocycles. The Hall–Kier alpha value is -2.41. The van der Waals surface area contributed by atoms with E-state index in [1.807, 2.05) is 12.1 Å². The van der Waals surface area contributed by atoms with E-state index in [2.05, 4.69) is 9.62 Å². The molecule has 0 spiro atoms. The predicted octanol–water partition coefficient (Wildman–Crippen LogP) is 3.41. The molecule has 6 nitrogen and oxygen atoms in total. The minimum absolute atomic E-state index is 0.215. The van der Waals surface area contributed by atoms with Gasteiger partial charge in [0.2, 0.25) is 0 Å². The van der Waals surface area contributed by atoms with Crippen molar-refractivity contribution in [3.63, 3.8) is 0 Å². The summed E-state index contributed by atoms with van der Waals surface area (Å²) < 4.78 is 39.0. The standard InChI is InChI=1S/C19H24N2O4S/c1-14-12-16(24-2)7-9-19(14)26(22,23)20-17-13-15(6-8-18(17)25-3)21-10-4-5-11-21/h6-9,12-13,20H,4-5,10-11H2,1-3H3. The van der Waals surface area contributed by atoms with Crippen molar-refractivity contribution in [1.29, 1.82) is 0 Å². The molecule has 3 rings (SSSR count). The lowest BCUT2D eigenvalue weighted by atomic mass is 10.2. The van der Waals surface area contributed by atoms with Gasteiger partial charge in [0, 0.05) is 18.8 Å². The van der Waals surface area contributed by atoms with Gasteiger partial charge in [0.05, 0.1) is 24.8 Å². The van der Waals surface area contributed by atoms with E-state index in [9.17, 15) is 8.42 Å². The number of aryl methyl sites for hydroxylation is 1. The first-order chi connectivity index (χ1) is 12.4. The third-order valence-corrected chi connectivity index (χ3v) is 6.10. The van der Waals surface area contributed by atoms with Gasteiger partial charge in [-0.05, 0) is 61.7 Å². The zero-order valence-corrected chi connectivity index (χ0v) is 16.1. The summed E-state index contributed by atoms with van der Waals surface area (Å²) >= 11 is 0. The van der Waals surface area contributed by atoms with Crippen molar-refractivity contribution in [1.82, 2.24) is 0 Å². The fourth-order valence-electron chi connectivity index (χ4n) is 3.20. The molecule has 7 heteroatoms. The highest BCUT2D eigenvalue weighted by Gasteiger charge is 2.21. The molecule has 0 saturated carbocycles. The molecule has 0 radical (unpaired) electrons. The second-order valence-electron chi connectivity index (χ2n) is 6.32. The van der Waals surface area contributed by atoms with Crippen LogP contribution in [0.4, 0.5) is 11.4 Å². The summed E-state index contributed by atoms with van der Waals surface area (Å²) in [5.74, 6) is 1.11. The van der Waals surface area contributed by atoms with Gasteiger partial charge < -0.3 is 14.4 Å². The van der Waals surface area contributed by atoms with Crippen molar-refractivity contribution in [3.8, 4) is 11.5 Å². The Labute approximate surface area is 154 Å². The maximum absolute atomic E-state index is 12.9. The highest BCUT2D eigenvalue weighted by atomic mass is 32.2. The van der Waals surface area contributed by atoms with Gasteiger partial charge in [-0.1, -0.05) is 0 Å². The minimum atomic E-state index is -3.75. The first-order valence-electron chi connectivity index (χ1n) is 8.55. The fraction of sp³-hybridized carbons (Fsp3) is 0.368. The Morgan fingerprint density at radius 1 is 1.00 bits per heavy atom. The van der Waals surface area contributed by atoms with Gasteiger partial charge in [-0.2, -0.15) is 0 Å². The zero-order chi connectivity index (χ0) is 18.7. The lowest BCUT2D eigenvalue weighted by Crippen LogP contribution is -2.19. The van der Waals surface area contributed by atoms with E-state index in [1.165, 1.54) is 7.11 Å². The Bertz CT molecular complexity index is 890. The minimum Gasteiger partial charge on any atom is -0.497 e. The predicted molar refractivity (Wildman–Crippen MR) is 103 cm³/mol. The molecule has 1 fully saturated rings. The van der Waals surface area contributed by atoms with Crippen LogP contribution in [-0.4, -0.2) is 35.7 Å². The maximum Gasteiger partial charge on any atom is 0.262 e.